The molecule has 0 radical (unpaired) electrons. The molecule has 0 unspecified atom stereocenters. The zero-order valence-corrected chi connectivity index (χ0v) is 16.1. The van der Waals surface area contributed by atoms with Crippen LogP contribution >= 0.6 is 0 Å². The number of nitrogens with zero attached hydrogens (tertiary/aromatic N) is 5. The standard InChI is InChI=1S/C18H20F3N5O4/c1-30-17-15(26(28)29)11-25(22-17)12-16(27)24-7-5-23(6-8-24)10-13-3-2-4-14(9-13)18(19,20)21/h2-4,9,11H,5-8,10,12H2,1H3. The molecule has 0 saturated carbocycles. The molecule has 3 rings (SSSR count). The maximum atomic E-state index is 12.8. The molecule has 0 atom stereocenters. The fourth-order valence-electron chi connectivity index (χ4n) is 3.24. The molecule has 1 amide bonds. The molecule has 0 spiro atoms. The number of carbonyl (C=O) groups is 1. The average Bonchev–Trinajstić information content (AvgIpc) is 3.11. The lowest BCUT2D eigenvalue weighted by Crippen LogP contribution is -2.49. The number of ether oxygens (including phenoxy) is 1. The molecule has 1 aliphatic heterocycles. The number of hydrogen-bond donors (Lipinski definition) is 0. The van der Waals surface area contributed by atoms with Gasteiger partial charge in [0.05, 0.1) is 17.6 Å². The Morgan fingerprint density at radius 2 is 1.97 bits per heavy atom. The molecule has 1 aliphatic rings. The summed E-state index contributed by atoms with van der Waals surface area (Å²) in [6.45, 7) is 2.00. The minimum absolute atomic E-state index is 0.168. The molecule has 0 bridgehead atoms. The highest BCUT2D eigenvalue weighted by atomic mass is 19.4. The molecule has 1 fully saturated rings. The average molecular weight is 427 g/mol. The molecule has 30 heavy (non-hydrogen) atoms. The Labute approximate surface area is 169 Å². The number of rotatable bonds is 6. The van der Waals surface area contributed by atoms with Gasteiger partial charge in [-0.2, -0.15) is 13.2 Å². The van der Waals surface area contributed by atoms with Gasteiger partial charge in [0.25, 0.3) is 0 Å². The number of amides is 1. The third-order valence-corrected chi connectivity index (χ3v) is 4.78. The number of carbonyl (C=O) groups excluding carboxylic acids is 1. The highest BCUT2D eigenvalue weighted by molar-refractivity contribution is 5.76. The topological polar surface area (TPSA) is 93.7 Å². The number of hydrogen-bond acceptors (Lipinski definition) is 6. The van der Waals surface area contributed by atoms with Crippen molar-refractivity contribution in [1.82, 2.24) is 19.6 Å². The first-order valence-corrected chi connectivity index (χ1v) is 9.09. The van der Waals surface area contributed by atoms with Crippen molar-refractivity contribution in [3.8, 4) is 5.88 Å². The molecule has 1 aromatic heterocycles. The zero-order chi connectivity index (χ0) is 21.9. The van der Waals surface area contributed by atoms with E-state index in [1.165, 1.54) is 13.2 Å². The van der Waals surface area contributed by atoms with Gasteiger partial charge in [-0.05, 0) is 11.6 Å². The van der Waals surface area contributed by atoms with Crippen molar-refractivity contribution in [2.45, 2.75) is 19.3 Å². The summed E-state index contributed by atoms with van der Waals surface area (Å²) < 4.78 is 44.5. The first-order valence-electron chi connectivity index (χ1n) is 9.09. The SMILES string of the molecule is COc1nn(CC(=O)N2CCN(Cc3cccc(C(F)(F)F)c3)CC2)cc1[N+](=O)[O-]. The van der Waals surface area contributed by atoms with E-state index in [1.54, 1.807) is 11.0 Å². The maximum Gasteiger partial charge on any atom is 0.416 e. The number of halogens is 3. The van der Waals surface area contributed by atoms with Crippen LogP contribution in [0.4, 0.5) is 18.9 Å². The van der Waals surface area contributed by atoms with Crippen molar-refractivity contribution in [3.63, 3.8) is 0 Å². The summed E-state index contributed by atoms with van der Waals surface area (Å²) in [5.74, 6) is -0.424. The quantitative estimate of drug-likeness (QED) is 0.518. The Hall–Kier alpha value is -3.15. The molecule has 2 heterocycles. The number of alkyl halides is 3. The number of aromatic nitrogens is 2. The van der Waals surface area contributed by atoms with E-state index in [9.17, 15) is 28.1 Å². The molecular formula is C18H20F3N5O4. The van der Waals surface area contributed by atoms with Gasteiger partial charge in [-0.15, -0.1) is 5.10 Å². The van der Waals surface area contributed by atoms with E-state index in [0.717, 1.165) is 23.0 Å². The number of benzene rings is 1. The monoisotopic (exact) mass is 427 g/mol. The first kappa shape index (κ1) is 21.6. The summed E-state index contributed by atoms with van der Waals surface area (Å²) in [5.41, 5.74) is -0.450. The largest absolute Gasteiger partial charge is 0.475 e. The molecular weight excluding hydrogens is 407 g/mol. The summed E-state index contributed by atoms with van der Waals surface area (Å²) in [4.78, 5) is 26.4. The molecule has 2 aromatic rings. The van der Waals surface area contributed by atoms with Crippen LogP contribution in [0.2, 0.25) is 0 Å². The number of methoxy groups -OCH3 is 1. The second-order valence-electron chi connectivity index (χ2n) is 6.83. The Kier molecular flexibility index (Phi) is 6.25. The Bertz CT molecular complexity index is 923. The predicted octanol–water partition coefficient (Wildman–Crippen LogP) is 2.16. The van der Waals surface area contributed by atoms with E-state index in [1.807, 2.05) is 4.90 Å². The summed E-state index contributed by atoms with van der Waals surface area (Å²) in [7, 11) is 1.26. The maximum absolute atomic E-state index is 12.8. The van der Waals surface area contributed by atoms with Gasteiger partial charge in [0.2, 0.25) is 5.91 Å². The molecule has 0 aliphatic carbocycles. The van der Waals surface area contributed by atoms with Crippen LogP contribution in [0.15, 0.2) is 30.5 Å². The van der Waals surface area contributed by atoms with Crippen LogP contribution in [0.3, 0.4) is 0 Å². The van der Waals surface area contributed by atoms with E-state index in [0.29, 0.717) is 38.3 Å². The third kappa shape index (κ3) is 5.06. The van der Waals surface area contributed by atoms with Gasteiger partial charge in [-0.25, -0.2) is 0 Å². The van der Waals surface area contributed by atoms with Crippen molar-refractivity contribution in [3.05, 3.63) is 51.7 Å². The van der Waals surface area contributed by atoms with Crippen molar-refractivity contribution in [1.29, 1.82) is 0 Å². The lowest BCUT2D eigenvalue weighted by atomic mass is 10.1. The van der Waals surface area contributed by atoms with E-state index in [2.05, 4.69) is 5.10 Å². The highest BCUT2D eigenvalue weighted by Crippen LogP contribution is 2.30. The molecule has 9 nitrogen and oxygen atoms in total. The lowest BCUT2D eigenvalue weighted by molar-refractivity contribution is -0.385. The lowest BCUT2D eigenvalue weighted by Gasteiger charge is -2.34. The molecule has 1 aromatic carbocycles. The van der Waals surface area contributed by atoms with Crippen LogP contribution in [0.1, 0.15) is 11.1 Å². The van der Waals surface area contributed by atoms with Crippen molar-refractivity contribution in [2.75, 3.05) is 33.3 Å². The highest BCUT2D eigenvalue weighted by Gasteiger charge is 2.30. The molecule has 1 saturated heterocycles. The molecule has 162 valence electrons. The number of piperazine rings is 1. The van der Waals surface area contributed by atoms with E-state index >= 15 is 0 Å². The first-order chi connectivity index (χ1) is 14.2. The Morgan fingerprint density at radius 1 is 1.27 bits per heavy atom. The van der Waals surface area contributed by atoms with Crippen molar-refractivity contribution in [2.24, 2.45) is 0 Å². The van der Waals surface area contributed by atoms with Gasteiger partial charge in [-0.1, -0.05) is 18.2 Å². The van der Waals surface area contributed by atoms with Gasteiger partial charge in [-0.3, -0.25) is 24.5 Å². The van der Waals surface area contributed by atoms with Gasteiger partial charge in [0.15, 0.2) is 0 Å². The van der Waals surface area contributed by atoms with Gasteiger partial charge >= 0.3 is 17.7 Å². The normalized spacial score (nSPS) is 15.3. The second kappa shape index (κ2) is 8.69. The molecule has 12 heteroatoms. The molecule has 0 N–H and O–H groups in total. The van der Waals surface area contributed by atoms with Crippen LogP contribution in [0.25, 0.3) is 0 Å². The third-order valence-electron chi connectivity index (χ3n) is 4.78. The number of nitro groups is 1. The van der Waals surface area contributed by atoms with E-state index in [4.69, 9.17) is 4.74 Å². The smallest absolute Gasteiger partial charge is 0.416 e. The summed E-state index contributed by atoms with van der Waals surface area (Å²) in [6.07, 6.45) is -3.24. The second-order valence-corrected chi connectivity index (χ2v) is 6.83. The minimum Gasteiger partial charge on any atom is -0.475 e. The van der Waals surface area contributed by atoms with Crippen LogP contribution in [0, 0.1) is 10.1 Å². The summed E-state index contributed by atoms with van der Waals surface area (Å²) in [5, 5.41) is 14.8. The van der Waals surface area contributed by atoms with Gasteiger partial charge in [0, 0.05) is 32.7 Å². The fraction of sp³-hybridized carbons (Fsp3) is 0.444. The summed E-state index contributed by atoms with van der Waals surface area (Å²) >= 11 is 0. The van der Waals surface area contributed by atoms with E-state index in [-0.39, 0.29) is 24.0 Å². The van der Waals surface area contributed by atoms with Crippen LogP contribution in [-0.4, -0.2) is 63.7 Å². The Morgan fingerprint density at radius 3 is 2.53 bits per heavy atom. The van der Waals surface area contributed by atoms with Gasteiger partial charge in [0.1, 0.15) is 12.7 Å². The fourth-order valence-corrected chi connectivity index (χ4v) is 3.24. The zero-order valence-electron chi connectivity index (χ0n) is 16.1. The van der Waals surface area contributed by atoms with Crippen LogP contribution in [-0.2, 0) is 24.1 Å². The Balaban J connectivity index is 1.54. The van der Waals surface area contributed by atoms with Gasteiger partial charge < -0.3 is 9.64 Å². The van der Waals surface area contributed by atoms with Crippen molar-refractivity contribution >= 4 is 11.6 Å². The summed E-state index contributed by atoms with van der Waals surface area (Å²) in [6, 6.07) is 5.20. The minimum atomic E-state index is -4.38. The predicted molar refractivity (Wildman–Crippen MR) is 98.7 cm³/mol. The van der Waals surface area contributed by atoms with Crippen LogP contribution < -0.4 is 4.74 Å². The van der Waals surface area contributed by atoms with E-state index < -0.39 is 16.7 Å². The van der Waals surface area contributed by atoms with Crippen LogP contribution in [0.5, 0.6) is 5.88 Å². The van der Waals surface area contributed by atoms with Crippen molar-refractivity contribution < 1.29 is 27.6 Å².